The molecule has 3 rings (SSSR count). The summed E-state index contributed by atoms with van der Waals surface area (Å²) < 4.78 is 6.27. The number of alkyl halides is 1. The number of benzene rings is 1. The highest BCUT2D eigenvalue weighted by Gasteiger charge is 2.29. The van der Waals surface area contributed by atoms with Crippen LogP contribution in [-0.4, -0.2) is 0 Å². The van der Waals surface area contributed by atoms with Crippen molar-refractivity contribution in [2.45, 2.75) is 64.1 Å². The zero-order chi connectivity index (χ0) is 16.8. The summed E-state index contributed by atoms with van der Waals surface area (Å²) in [7, 11) is 0. The van der Waals surface area contributed by atoms with Crippen molar-refractivity contribution in [1.82, 2.24) is 0 Å². The molecule has 3 heteroatoms. The monoisotopic (exact) mass is 376 g/mol. The Morgan fingerprint density at radius 3 is 2.48 bits per heavy atom. The molecular weight excluding hydrogens is 352 g/mol. The van der Waals surface area contributed by atoms with Crippen molar-refractivity contribution < 1.29 is 4.42 Å². The van der Waals surface area contributed by atoms with E-state index >= 15 is 0 Å². The summed E-state index contributed by atoms with van der Waals surface area (Å²) in [5, 5.41) is 0.700. The molecule has 1 aliphatic rings. The molecule has 23 heavy (non-hydrogen) atoms. The number of aryl methyl sites for hydroxylation is 1. The maximum absolute atomic E-state index is 12.6. The third-order valence-corrected chi connectivity index (χ3v) is 5.68. The predicted molar refractivity (Wildman–Crippen MR) is 99.6 cm³/mol. The van der Waals surface area contributed by atoms with E-state index in [1.54, 1.807) is 6.07 Å². The topological polar surface area (TPSA) is 30.2 Å². The van der Waals surface area contributed by atoms with Gasteiger partial charge in [0.05, 0.1) is 5.39 Å². The van der Waals surface area contributed by atoms with Crippen LogP contribution in [-0.2, 0) is 0 Å². The van der Waals surface area contributed by atoms with Crippen LogP contribution < -0.4 is 5.43 Å². The van der Waals surface area contributed by atoms with E-state index in [4.69, 9.17) is 4.42 Å². The van der Waals surface area contributed by atoms with Gasteiger partial charge in [-0.1, -0.05) is 35.8 Å². The molecule has 1 fully saturated rings. The molecule has 0 N–H and O–H groups in total. The normalized spacial score (nSPS) is 19.9. The van der Waals surface area contributed by atoms with Gasteiger partial charge in [0, 0.05) is 22.4 Å². The van der Waals surface area contributed by atoms with Crippen molar-refractivity contribution in [3.05, 3.63) is 45.3 Å². The van der Waals surface area contributed by atoms with Crippen LogP contribution in [0.15, 0.2) is 27.4 Å². The highest BCUT2D eigenvalue weighted by atomic mass is 79.9. The fourth-order valence-corrected chi connectivity index (χ4v) is 3.97. The van der Waals surface area contributed by atoms with Crippen molar-refractivity contribution >= 4 is 26.9 Å². The molecule has 0 saturated heterocycles. The van der Waals surface area contributed by atoms with E-state index < -0.39 is 0 Å². The van der Waals surface area contributed by atoms with Crippen molar-refractivity contribution in [2.24, 2.45) is 5.41 Å². The summed E-state index contributed by atoms with van der Waals surface area (Å²) in [6.45, 7) is 8.75. The van der Waals surface area contributed by atoms with E-state index in [0.717, 1.165) is 35.3 Å². The molecule has 2 nitrogen and oxygen atoms in total. The number of hydrogen-bond acceptors (Lipinski definition) is 2. The number of fused-ring (bicyclic) bond motifs is 1. The molecule has 1 aromatic heterocycles. The number of rotatable bonds is 2. The molecule has 2 aromatic rings. The lowest BCUT2D eigenvalue weighted by atomic mass is 9.72. The summed E-state index contributed by atoms with van der Waals surface area (Å²) in [5.41, 5.74) is 3.42. The minimum absolute atomic E-state index is 0.0872. The standard InChI is InChI=1S/C20H25BrO2/c1-12-9-15(13(2)21)19-16(10-12)17(22)11-18(23-19)14-5-7-20(3,4)8-6-14/h9-11,13-14H,5-8H2,1-4H3. The smallest absolute Gasteiger partial charge is 0.192 e. The Morgan fingerprint density at radius 2 is 1.87 bits per heavy atom. The fraction of sp³-hybridized carbons (Fsp3) is 0.550. The van der Waals surface area contributed by atoms with Crippen LogP contribution in [0.4, 0.5) is 0 Å². The van der Waals surface area contributed by atoms with Crippen LogP contribution in [0.25, 0.3) is 11.0 Å². The second-order valence-corrected chi connectivity index (χ2v) is 9.17. The second-order valence-electron chi connectivity index (χ2n) is 7.80. The Labute approximate surface area is 146 Å². The Hall–Kier alpha value is -1.09. The first-order chi connectivity index (χ1) is 10.8. The van der Waals surface area contributed by atoms with Gasteiger partial charge < -0.3 is 4.42 Å². The zero-order valence-electron chi connectivity index (χ0n) is 14.4. The van der Waals surface area contributed by atoms with Gasteiger partial charge in [-0.15, -0.1) is 0 Å². The van der Waals surface area contributed by atoms with E-state index in [0.29, 0.717) is 16.7 Å². The number of halogens is 1. The predicted octanol–water partition coefficient (Wildman–Crippen LogP) is 6.24. The molecule has 1 saturated carbocycles. The summed E-state index contributed by atoms with van der Waals surface area (Å²) in [6.07, 6.45) is 4.59. The SMILES string of the molecule is Cc1cc(C(C)Br)c2oc(C3CCC(C)(C)CC3)cc(=O)c2c1. The molecule has 1 aromatic carbocycles. The van der Waals surface area contributed by atoms with Gasteiger partial charge in [-0.25, -0.2) is 0 Å². The summed E-state index contributed by atoms with van der Waals surface area (Å²) in [6, 6.07) is 5.78. The average Bonchev–Trinajstić information content (AvgIpc) is 2.47. The lowest BCUT2D eigenvalue weighted by molar-refractivity contribution is 0.213. The quantitative estimate of drug-likeness (QED) is 0.580. The molecule has 0 bridgehead atoms. The average molecular weight is 377 g/mol. The Balaban J connectivity index is 2.09. The minimum atomic E-state index is 0.0872. The van der Waals surface area contributed by atoms with Crippen molar-refractivity contribution in [3.63, 3.8) is 0 Å². The number of hydrogen-bond donors (Lipinski definition) is 0. The van der Waals surface area contributed by atoms with Gasteiger partial charge in [0.1, 0.15) is 11.3 Å². The minimum Gasteiger partial charge on any atom is -0.460 e. The molecule has 0 radical (unpaired) electrons. The van der Waals surface area contributed by atoms with Gasteiger partial charge >= 0.3 is 0 Å². The summed E-state index contributed by atoms with van der Waals surface area (Å²) in [5.74, 6) is 1.25. The molecule has 1 unspecified atom stereocenters. The van der Waals surface area contributed by atoms with Crippen LogP contribution in [0.2, 0.25) is 0 Å². The van der Waals surface area contributed by atoms with Crippen molar-refractivity contribution in [1.29, 1.82) is 0 Å². The Bertz CT molecular complexity index is 776. The van der Waals surface area contributed by atoms with Gasteiger partial charge in [-0.05, 0) is 56.6 Å². The van der Waals surface area contributed by atoms with E-state index in [1.165, 1.54) is 12.8 Å². The van der Waals surface area contributed by atoms with Crippen LogP contribution in [0.1, 0.15) is 74.1 Å². The van der Waals surface area contributed by atoms with Crippen LogP contribution >= 0.6 is 15.9 Å². The molecular formula is C20H25BrO2. The van der Waals surface area contributed by atoms with Crippen molar-refractivity contribution in [2.75, 3.05) is 0 Å². The van der Waals surface area contributed by atoms with E-state index in [2.05, 4.69) is 42.8 Å². The van der Waals surface area contributed by atoms with E-state index in [-0.39, 0.29) is 10.3 Å². The molecule has 1 aliphatic carbocycles. The van der Waals surface area contributed by atoms with Crippen LogP contribution in [0, 0.1) is 12.3 Å². The first-order valence-corrected chi connectivity index (χ1v) is 9.41. The first kappa shape index (κ1) is 16.8. The summed E-state index contributed by atoms with van der Waals surface area (Å²) >= 11 is 3.64. The molecule has 0 amide bonds. The third kappa shape index (κ3) is 3.40. The van der Waals surface area contributed by atoms with Gasteiger partial charge in [0.25, 0.3) is 0 Å². The molecule has 0 spiro atoms. The van der Waals surface area contributed by atoms with Gasteiger partial charge in [-0.3, -0.25) is 4.79 Å². The zero-order valence-corrected chi connectivity index (χ0v) is 16.0. The first-order valence-electron chi connectivity index (χ1n) is 8.49. The molecule has 1 atom stereocenters. The van der Waals surface area contributed by atoms with Gasteiger partial charge in [-0.2, -0.15) is 0 Å². The molecule has 1 heterocycles. The Kier molecular flexibility index (Phi) is 4.43. The van der Waals surface area contributed by atoms with Crippen molar-refractivity contribution in [3.8, 4) is 0 Å². The lowest BCUT2D eigenvalue weighted by Gasteiger charge is -2.33. The fourth-order valence-electron chi connectivity index (χ4n) is 3.63. The molecule has 124 valence electrons. The Morgan fingerprint density at radius 1 is 1.22 bits per heavy atom. The largest absolute Gasteiger partial charge is 0.460 e. The van der Waals surface area contributed by atoms with Gasteiger partial charge in [0.2, 0.25) is 0 Å². The third-order valence-electron chi connectivity index (χ3n) is 5.19. The highest BCUT2D eigenvalue weighted by Crippen LogP contribution is 2.43. The maximum atomic E-state index is 12.6. The molecule has 0 aliphatic heterocycles. The van der Waals surface area contributed by atoms with Crippen LogP contribution in [0.5, 0.6) is 0 Å². The summed E-state index contributed by atoms with van der Waals surface area (Å²) in [4.78, 5) is 12.8. The van der Waals surface area contributed by atoms with E-state index in [1.807, 2.05) is 13.0 Å². The van der Waals surface area contributed by atoms with Gasteiger partial charge in [0.15, 0.2) is 5.43 Å². The lowest BCUT2D eigenvalue weighted by Crippen LogP contribution is -2.21. The van der Waals surface area contributed by atoms with E-state index in [9.17, 15) is 4.79 Å². The maximum Gasteiger partial charge on any atom is 0.192 e. The highest BCUT2D eigenvalue weighted by molar-refractivity contribution is 9.09. The van der Waals surface area contributed by atoms with Crippen LogP contribution in [0.3, 0.4) is 0 Å². The second kappa shape index (κ2) is 6.08.